The third-order valence-electron chi connectivity index (χ3n) is 7.09. The fourth-order valence-electron chi connectivity index (χ4n) is 4.94. The number of aryl methyl sites for hydroxylation is 1. The highest BCUT2D eigenvalue weighted by Gasteiger charge is 2.32. The fourth-order valence-corrected chi connectivity index (χ4v) is 5.17. The largest absolute Gasteiger partial charge is 0.352 e. The number of benzene rings is 3. The lowest BCUT2D eigenvalue weighted by atomic mass is 9.94. The molecule has 1 aliphatic carbocycles. The second-order valence-corrected chi connectivity index (χ2v) is 10.3. The summed E-state index contributed by atoms with van der Waals surface area (Å²) in [4.78, 5) is 29.2. The third kappa shape index (κ3) is 7.42. The number of nitrogens with zero attached hydrogens (tertiary/aromatic N) is 1. The molecule has 1 N–H and O–H groups in total. The molecule has 2 amide bonds. The Morgan fingerprint density at radius 2 is 1.65 bits per heavy atom. The maximum absolute atomic E-state index is 14.6. The van der Waals surface area contributed by atoms with Gasteiger partial charge in [-0.2, -0.15) is 0 Å². The summed E-state index contributed by atoms with van der Waals surface area (Å²) in [5, 5.41) is 3.43. The first-order chi connectivity index (χ1) is 17.9. The van der Waals surface area contributed by atoms with E-state index in [1.54, 1.807) is 11.0 Å². The predicted octanol–water partition coefficient (Wildman–Crippen LogP) is 6.42. The highest BCUT2D eigenvalue weighted by atomic mass is 35.5. The molecule has 1 fully saturated rings. The Kier molecular flexibility index (Phi) is 9.34. The number of hydrogen-bond acceptors (Lipinski definition) is 2. The van der Waals surface area contributed by atoms with Gasteiger partial charge >= 0.3 is 0 Å². The van der Waals surface area contributed by atoms with Crippen LogP contribution in [0.4, 0.5) is 4.39 Å². The van der Waals surface area contributed by atoms with Crippen LogP contribution in [0.15, 0.2) is 72.8 Å². The van der Waals surface area contributed by atoms with E-state index < -0.39 is 11.9 Å². The van der Waals surface area contributed by atoms with Crippen molar-refractivity contribution in [3.05, 3.63) is 106 Å². The SMILES string of the molecule is Cc1ccc(CN(C(=O)Cc2c(F)cccc2Cl)[C@@H](Cc2ccccc2)C(=O)NC2CCCCC2)cc1. The van der Waals surface area contributed by atoms with Gasteiger partial charge in [0.05, 0.1) is 6.42 Å². The van der Waals surface area contributed by atoms with E-state index in [1.807, 2.05) is 61.5 Å². The molecule has 194 valence electrons. The molecule has 0 saturated heterocycles. The molecular formula is C31H34ClFN2O2. The van der Waals surface area contributed by atoms with E-state index in [4.69, 9.17) is 11.6 Å². The van der Waals surface area contributed by atoms with Gasteiger partial charge in [-0.1, -0.05) is 97.1 Å². The average molecular weight is 521 g/mol. The van der Waals surface area contributed by atoms with Gasteiger partial charge in [0.1, 0.15) is 11.9 Å². The van der Waals surface area contributed by atoms with Crippen LogP contribution in [0.1, 0.15) is 54.4 Å². The monoisotopic (exact) mass is 520 g/mol. The molecule has 4 nitrogen and oxygen atoms in total. The van der Waals surface area contributed by atoms with E-state index >= 15 is 0 Å². The first kappa shape index (κ1) is 26.9. The van der Waals surface area contributed by atoms with Gasteiger partial charge in [-0.3, -0.25) is 9.59 Å². The minimum atomic E-state index is -0.747. The van der Waals surface area contributed by atoms with Crippen LogP contribution < -0.4 is 5.32 Å². The summed E-state index contributed by atoms with van der Waals surface area (Å²) in [6.07, 6.45) is 5.39. The van der Waals surface area contributed by atoms with E-state index in [0.29, 0.717) is 6.42 Å². The number of carbonyl (C=O) groups excluding carboxylic acids is 2. The standard InChI is InChI=1S/C31H34ClFN2O2/c1-22-15-17-24(18-16-22)21-35(30(36)20-26-27(32)13-8-14-28(26)33)29(19-23-9-4-2-5-10-23)31(37)34-25-11-6-3-7-12-25/h2,4-5,8-10,13-18,25,29H,3,6-7,11-12,19-21H2,1H3,(H,34,37)/t29-/m0/s1. The van der Waals surface area contributed by atoms with Crippen LogP contribution >= 0.6 is 11.6 Å². The van der Waals surface area contributed by atoms with Crippen molar-refractivity contribution in [3.63, 3.8) is 0 Å². The normalized spacial score (nSPS) is 14.7. The van der Waals surface area contributed by atoms with Crippen molar-refractivity contribution in [2.24, 2.45) is 0 Å². The lowest BCUT2D eigenvalue weighted by Crippen LogP contribution is -2.53. The van der Waals surface area contributed by atoms with Gasteiger partial charge in [0.2, 0.25) is 11.8 Å². The van der Waals surface area contributed by atoms with Gasteiger partial charge in [-0.05, 0) is 43.0 Å². The topological polar surface area (TPSA) is 49.4 Å². The first-order valence-electron chi connectivity index (χ1n) is 13.0. The smallest absolute Gasteiger partial charge is 0.243 e. The number of carbonyl (C=O) groups is 2. The minimum Gasteiger partial charge on any atom is -0.352 e. The van der Waals surface area contributed by atoms with Gasteiger partial charge in [-0.25, -0.2) is 4.39 Å². The van der Waals surface area contributed by atoms with Crippen LogP contribution in [-0.2, 0) is 29.0 Å². The lowest BCUT2D eigenvalue weighted by Gasteiger charge is -2.33. The highest BCUT2D eigenvalue weighted by Crippen LogP contribution is 2.23. The second kappa shape index (κ2) is 12.9. The zero-order valence-corrected chi connectivity index (χ0v) is 22.0. The summed E-state index contributed by atoms with van der Waals surface area (Å²) in [6.45, 7) is 2.24. The van der Waals surface area contributed by atoms with E-state index in [2.05, 4.69) is 5.32 Å². The van der Waals surface area contributed by atoms with E-state index in [0.717, 1.165) is 42.4 Å². The Hall–Kier alpha value is -3.18. The Balaban J connectivity index is 1.68. The molecule has 6 heteroatoms. The molecule has 0 unspecified atom stereocenters. The van der Waals surface area contributed by atoms with Crippen molar-refractivity contribution in [1.29, 1.82) is 0 Å². The Morgan fingerprint density at radius 1 is 0.946 bits per heavy atom. The molecular weight excluding hydrogens is 487 g/mol. The third-order valence-corrected chi connectivity index (χ3v) is 7.44. The second-order valence-electron chi connectivity index (χ2n) is 9.93. The van der Waals surface area contributed by atoms with Crippen LogP contribution in [0, 0.1) is 12.7 Å². The van der Waals surface area contributed by atoms with Gasteiger partial charge in [0, 0.05) is 29.6 Å². The number of amides is 2. The predicted molar refractivity (Wildman–Crippen MR) is 146 cm³/mol. The molecule has 37 heavy (non-hydrogen) atoms. The van der Waals surface area contributed by atoms with Crippen LogP contribution in [-0.4, -0.2) is 28.8 Å². The Morgan fingerprint density at radius 3 is 2.32 bits per heavy atom. The number of nitrogens with one attached hydrogen (secondary N) is 1. The zero-order chi connectivity index (χ0) is 26.2. The first-order valence-corrected chi connectivity index (χ1v) is 13.4. The van der Waals surface area contributed by atoms with E-state index in [1.165, 1.54) is 18.6 Å². The van der Waals surface area contributed by atoms with Gasteiger partial charge in [0.25, 0.3) is 0 Å². The average Bonchev–Trinajstić information content (AvgIpc) is 2.90. The van der Waals surface area contributed by atoms with Crippen LogP contribution in [0.5, 0.6) is 0 Å². The van der Waals surface area contributed by atoms with E-state index in [9.17, 15) is 14.0 Å². The van der Waals surface area contributed by atoms with Gasteiger partial charge < -0.3 is 10.2 Å². The van der Waals surface area contributed by atoms with Crippen molar-refractivity contribution in [3.8, 4) is 0 Å². The van der Waals surface area contributed by atoms with Crippen LogP contribution in [0.3, 0.4) is 0 Å². The zero-order valence-electron chi connectivity index (χ0n) is 21.3. The number of hydrogen-bond donors (Lipinski definition) is 1. The van der Waals surface area contributed by atoms with Crippen molar-refractivity contribution < 1.29 is 14.0 Å². The molecule has 0 spiro atoms. The summed E-state index contributed by atoms with van der Waals surface area (Å²) in [6, 6.07) is 21.4. The molecule has 4 rings (SSSR count). The van der Waals surface area contributed by atoms with Crippen molar-refractivity contribution in [2.45, 2.75) is 70.5 Å². The van der Waals surface area contributed by atoms with Crippen LogP contribution in [0.2, 0.25) is 5.02 Å². The molecule has 0 heterocycles. The Bertz CT molecular complexity index is 1170. The molecule has 3 aromatic rings. The van der Waals surface area contributed by atoms with E-state index in [-0.39, 0.29) is 41.4 Å². The summed E-state index contributed by atoms with van der Waals surface area (Å²) < 4.78 is 14.6. The molecule has 1 saturated carbocycles. The minimum absolute atomic E-state index is 0.108. The summed E-state index contributed by atoms with van der Waals surface area (Å²) in [5.41, 5.74) is 3.11. The molecule has 0 aliphatic heterocycles. The molecule has 0 radical (unpaired) electrons. The number of rotatable bonds is 9. The maximum atomic E-state index is 14.6. The molecule has 1 atom stereocenters. The van der Waals surface area contributed by atoms with Crippen LogP contribution in [0.25, 0.3) is 0 Å². The van der Waals surface area contributed by atoms with Crippen molar-refractivity contribution in [2.75, 3.05) is 0 Å². The molecule has 0 bridgehead atoms. The molecule has 0 aromatic heterocycles. The summed E-state index contributed by atoms with van der Waals surface area (Å²) in [7, 11) is 0. The van der Waals surface area contributed by atoms with Gasteiger partial charge in [0.15, 0.2) is 0 Å². The Labute approximate surface area is 223 Å². The van der Waals surface area contributed by atoms with Crippen molar-refractivity contribution in [1.82, 2.24) is 10.2 Å². The summed E-state index contributed by atoms with van der Waals surface area (Å²) in [5.74, 6) is -1.04. The quantitative estimate of drug-likeness (QED) is 0.354. The number of halogens is 2. The van der Waals surface area contributed by atoms with Crippen molar-refractivity contribution >= 4 is 23.4 Å². The maximum Gasteiger partial charge on any atom is 0.243 e. The van der Waals surface area contributed by atoms with Gasteiger partial charge in [-0.15, -0.1) is 0 Å². The molecule has 3 aromatic carbocycles. The highest BCUT2D eigenvalue weighted by molar-refractivity contribution is 6.31. The molecule has 1 aliphatic rings. The fraction of sp³-hybridized carbons (Fsp3) is 0.355. The lowest BCUT2D eigenvalue weighted by molar-refractivity contribution is -0.141. The summed E-state index contributed by atoms with van der Waals surface area (Å²) >= 11 is 6.27.